The van der Waals surface area contributed by atoms with E-state index in [4.69, 9.17) is 26.2 Å². The second-order valence-electron chi connectivity index (χ2n) is 4.85. The maximum atomic E-state index is 12.5. The molecule has 130 valence electrons. The molecule has 1 unspecified atom stereocenters. The standard InChI is InChI=1S/C11H14ClN7O2.CH2O2/c1-17-5-7(12)9(14-17)11(20)19-3-4-21-8(6-19)10-13-16-18(2)15-10;2-1-3/h5,8H,3-4,6H2,1-2H3;1H,(H,2,3). The molecule has 11 nitrogen and oxygen atoms in total. The molecule has 1 saturated heterocycles. The molecule has 2 aromatic heterocycles. The molecular formula is C12H16ClN7O4. The zero-order valence-corrected chi connectivity index (χ0v) is 13.8. The van der Waals surface area contributed by atoms with E-state index in [0.29, 0.717) is 30.5 Å². The van der Waals surface area contributed by atoms with Crippen LogP contribution in [-0.4, -0.2) is 72.1 Å². The maximum Gasteiger partial charge on any atom is 0.290 e. The van der Waals surface area contributed by atoms with Crippen LogP contribution in [0.2, 0.25) is 5.02 Å². The predicted octanol–water partition coefficient (Wildman–Crippen LogP) is -0.488. The van der Waals surface area contributed by atoms with Gasteiger partial charge >= 0.3 is 0 Å². The number of rotatable bonds is 2. The van der Waals surface area contributed by atoms with Crippen LogP contribution in [0.1, 0.15) is 22.4 Å². The van der Waals surface area contributed by atoms with Gasteiger partial charge in [-0.2, -0.15) is 9.90 Å². The Labute approximate surface area is 141 Å². The van der Waals surface area contributed by atoms with Gasteiger partial charge in [0, 0.05) is 19.8 Å². The fourth-order valence-electron chi connectivity index (χ4n) is 2.17. The third-order valence-corrected chi connectivity index (χ3v) is 3.43. The van der Waals surface area contributed by atoms with Gasteiger partial charge in [-0.05, 0) is 5.21 Å². The SMILES string of the molecule is Cn1cc(Cl)c(C(=O)N2CCOC(c3nnn(C)n3)C2)n1.O=CO. The second kappa shape index (κ2) is 7.84. The maximum absolute atomic E-state index is 12.5. The number of carbonyl (C=O) groups excluding carboxylic acids is 1. The molecule has 3 heterocycles. The van der Waals surface area contributed by atoms with Gasteiger partial charge in [0.1, 0.15) is 6.10 Å². The molecule has 0 bridgehead atoms. The van der Waals surface area contributed by atoms with Crippen molar-refractivity contribution in [2.75, 3.05) is 19.7 Å². The van der Waals surface area contributed by atoms with Crippen LogP contribution in [0.5, 0.6) is 0 Å². The van der Waals surface area contributed by atoms with Gasteiger partial charge < -0.3 is 14.7 Å². The number of morpholine rings is 1. The van der Waals surface area contributed by atoms with Crippen LogP contribution in [0, 0.1) is 0 Å². The Bertz CT molecular complexity index is 716. The molecule has 0 saturated carbocycles. The van der Waals surface area contributed by atoms with Crippen molar-refractivity contribution in [2.45, 2.75) is 6.10 Å². The topological polar surface area (TPSA) is 128 Å². The Morgan fingerprint density at radius 1 is 1.46 bits per heavy atom. The van der Waals surface area contributed by atoms with Crippen molar-refractivity contribution in [3.8, 4) is 0 Å². The zero-order valence-electron chi connectivity index (χ0n) is 13.0. The van der Waals surface area contributed by atoms with Crippen molar-refractivity contribution < 1.29 is 19.4 Å². The summed E-state index contributed by atoms with van der Waals surface area (Å²) in [6, 6.07) is 0. The predicted molar refractivity (Wildman–Crippen MR) is 80.3 cm³/mol. The lowest BCUT2D eigenvalue weighted by molar-refractivity contribution is -0.122. The Kier molecular flexibility index (Phi) is 5.82. The summed E-state index contributed by atoms with van der Waals surface area (Å²) in [4.78, 5) is 23.8. The Morgan fingerprint density at radius 3 is 2.71 bits per heavy atom. The van der Waals surface area contributed by atoms with Crippen molar-refractivity contribution in [3.63, 3.8) is 0 Å². The first-order valence-corrected chi connectivity index (χ1v) is 7.25. The second-order valence-corrected chi connectivity index (χ2v) is 5.26. The molecule has 2 aromatic rings. The lowest BCUT2D eigenvalue weighted by Gasteiger charge is -2.31. The average molecular weight is 358 g/mol. The van der Waals surface area contributed by atoms with Crippen LogP contribution in [0.4, 0.5) is 0 Å². The van der Waals surface area contributed by atoms with Gasteiger partial charge in [-0.3, -0.25) is 14.3 Å². The van der Waals surface area contributed by atoms with E-state index in [1.165, 1.54) is 9.48 Å². The molecule has 0 radical (unpaired) electrons. The summed E-state index contributed by atoms with van der Waals surface area (Å²) in [7, 11) is 3.39. The lowest BCUT2D eigenvalue weighted by atomic mass is 10.2. The smallest absolute Gasteiger partial charge is 0.290 e. The number of amides is 1. The molecule has 12 heteroatoms. The van der Waals surface area contributed by atoms with Crippen molar-refractivity contribution in [1.82, 2.24) is 34.9 Å². The van der Waals surface area contributed by atoms with E-state index in [-0.39, 0.29) is 24.2 Å². The van der Waals surface area contributed by atoms with E-state index in [1.54, 1.807) is 25.2 Å². The Morgan fingerprint density at radius 2 is 2.17 bits per heavy atom. The molecule has 1 aliphatic rings. The van der Waals surface area contributed by atoms with Crippen LogP contribution in [0.15, 0.2) is 6.20 Å². The van der Waals surface area contributed by atoms with Gasteiger partial charge in [0.2, 0.25) is 5.82 Å². The van der Waals surface area contributed by atoms with Crippen LogP contribution in [-0.2, 0) is 23.6 Å². The number of carbonyl (C=O) groups is 2. The van der Waals surface area contributed by atoms with Gasteiger partial charge in [0.05, 0.1) is 25.2 Å². The normalized spacial score (nSPS) is 17.1. The van der Waals surface area contributed by atoms with E-state index in [0.717, 1.165) is 0 Å². The summed E-state index contributed by atoms with van der Waals surface area (Å²) < 4.78 is 7.11. The number of tetrazole rings is 1. The molecule has 1 fully saturated rings. The van der Waals surface area contributed by atoms with Crippen LogP contribution < -0.4 is 0 Å². The largest absolute Gasteiger partial charge is 0.483 e. The fraction of sp³-hybridized carbons (Fsp3) is 0.500. The molecule has 1 N–H and O–H groups in total. The minimum Gasteiger partial charge on any atom is -0.483 e. The average Bonchev–Trinajstić information content (AvgIpc) is 3.13. The summed E-state index contributed by atoms with van der Waals surface area (Å²) in [5.74, 6) is 0.236. The highest BCUT2D eigenvalue weighted by molar-refractivity contribution is 6.33. The number of aryl methyl sites for hydroxylation is 2. The number of aromatic nitrogens is 6. The quantitative estimate of drug-likeness (QED) is 0.713. The number of halogens is 1. The number of ether oxygens (including phenoxy) is 1. The van der Waals surface area contributed by atoms with E-state index >= 15 is 0 Å². The van der Waals surface area contributed by atoms with Gasteiger partial charge in [0.15, 0.2) is 5.69 Å². The zero-order chi connectivity index (χ0) is 17.7. The van der Waals surface area contributed by atoms with Crippen molar-refractivity contribution in [2.24, 2.45) is 14.1 Å². The van der Waals surface area contributed by atoms with E-state index in [1.807, 2.05) is 0 Å². The third kappa shape index (κ3) is 4.06. The summed E-state index contributed by atoms with van der Waals surface area (Å²) in [5.41, 5.74) is 0.243. The molecule has 0 aromatic carbocycles. The monoisotopic (exact) mass is 357 g/mol. The minimum absolute atomic E-state index is 0.224. The lowest BCUT2D eigenvalue weighted by Crippen LogP contribution is -2.42. The fourth-order valence-corrected chi connectivity index (χ4v) is 2.43. The molecule has 1 amide bonds. The first-order valence-electron chi connectivity index (χ1n) is 6.88. The highest BCUT2D eigenvalue weighted by atomic mass is 35.5. The number of carboxylic acid groups (broad SMARTS) is 1. The minimum atomic E-state index is -0.390. The number of hydrogen-bond donors (Lipinski definition) is 1. The van der Waals surface area contributed by atoms with Crippen LogP contribution >= 0.6 is 11.6 Å². The van der Waals surface area contributed by atoms with E-state index in [9.17, 15) is 4.79 Å². The van der Waals surface area contributed by atoms with Gasteiger partial charge in [-0.25, -0.2) is 0 Å². The van der Waals surface area contributed by atoms with E-state index < -0.39 is 0 Å². The summed E-state index contributed by atoms with van der Waals surface area (Å²) in [5, 5.41) is 23.1. The summed E-state index contributed by atoms with van der Waals surface area (Å²) in [6.45, 7) is 0.971. The molecule has 0 aliphatic carbocycles. The molecule has 0 spiro atoms. The molecular weight excluding hydrogens is 342 g/mol. The van der Waals surface area contributed by atoms with Crippen molar-refractivity contribution in [3.05, 3.63) is 22.7 Å². The van der Waals surface area contributed by atoms with E-state index in [2.05, 4.69) is 20.5 Å². The molecule has 1 atom stereocenters. The molecule has 24 heavy (non-hydrogen) atoms. The third-order valence-electron chi connectivity index (χ3n) is 3.15. The van der Waals surface area contributed by atoms with Gasteiger partial charge in [-0.15, -0.1) is 10.2 Å². The molecule has 3 rings (SSSR count). The highest BCUT2D eigenvalue weighted by Crippen LogP contribution is 2.22. The van der Waals surface area contributed by atoms with Crippen molar-refractivity contribution >= 4 is 24.0 Å². The number of nitrogens with zero attached hydrogens (tertiary/aromatic N) is 7. The Balaban J connectivity index is 0.000000647. The van der Waals surface area contributed by atoms with Crippen LogP contribution in [0.3, 0.4) is 0 Å². The first-order chi connectivity index (χ1) is 11.5. The number of hydrogen-bond acceptors (Lipinski definition) is 7. The highest BCUT2D eigenvalue weighted by Gasteiger charge is 2.30. The van der Waals surface area contributed by atoms with Gasteiger partial charge in [-0.1, -0.05) is 11.6 Å². The van der Waals surface area contributed by atoms with Crippen molar-refractivity contribution in [1.29, 1.82) is 0 Å². The van der Waals surface area contributed by atoms with Crippen LogP contribution in [0.25, 0.3) is 0 Å². The van der Waals surface area contributed by atoms with Gasteiger partial charge in [0.25, 0.3) is 12.4 Å². The summed E-state index contributed by atoms with van der Waals surface area (Å²) in [6.07, 6.45) is 1.20. The summed E-state index contributed by atoms with van der Waals surface area (Å²) >= 11 is 6.02. The first kappa shape index (κ1) is 17.8. The Hall–Kier alpha value is -2.53. The molecule has 1 aliphatic heterocycles.